The van der Waals surface area contributed by atoms with E-state index in [1.165, 1.54) is 5.56 Å². The molecule has 1 aliphatic rings. The van der Waals surface area contributed by atoms with Crippen LogP contribution in [0.1, 0.15) is 29.7 Å². The van der Waals surface area contributed by atoms with Crippen molar-refractivity contribution in [1.82, 2.24) is 9.78 Å². The molecule has 0 saturated carbocycles. The minimum atomic E-state index is -0.954. The second kappa shape index (κ2) is 7.24. The maximum Gasteiger partial charge on any atom is 0.328 e. The molecule has 4 nitrogen and oxygen atoms in total. The van der Waals surface area contributed by atoms with Crippen molar-refractivity contribution in [1.29, 1.82) is 0 Å². The molecule has 1 heterocycles. The lowest BCUT2D eigenvalue weighted by atomic mass is 9.92. The monoisotopic (exact) mass is 362 g/mol. The topological polar surface area (TPSA) is 55.1 Å². The quantitative estimate of drug-likeness (QED) is 0.808. The summed E-state index contributed by atoms with van der Waals surface area (Å²) in [5, 5.41) is 14.4. The van der Waals surface area contributed by atoms with Gasteiger partial charge in [0.05, 0.1) is 18.4 Å². The number of benzene rings is 1. The fraction of sp³-hybridized carbons (Fsp3) is 0.222. The van der Waals surface area contributed by atoms with Gasteiger partial charge < -0.3 is 5.11 Å². The Hall–Kier alpha value is -2.04. The molecule has 1 aromatic carbocycles. The average Bonchev–Trinajstić information content (AvgIpc) is 2.94. The molecule has 2 aromatic rings. The fourth-order valence-corrected chi connectivity index (χ4v) is 3.37. The van der Waals surface area contributed by atoms with E-state index in [0.29, 0.717) is 16.6 Å². The third-order valence-corrected chi connectivity index (χ3v) is 4.57. The van der Waals surface area contributed by atoms with Gasteiger partial charge in [-0.25, -0.2) is 4.79 Å². The molecule has 1 aliphatic carbocycles. The Balaban J connectivity index is 1.94. The average molecular weight is 363 g/mol. The van der Waals surface area contributed by atoms with E-state index in [2.05, 4.69) is 5.10 Å². The summed E-state index contributed by atoms with van der Waals surface area (Å²) in [4.78, 5) is 10.7. The van der Waals surface area contributed by atoms with Crippen LogP contribution >= 0.6 is 23.2 Å². The van der Waals surface area contributed by atoms with Gasteiger partial charge >= 0.3 is 5.97 Å². The molecule has 0 aliphatic heterocycles. The van der Waals surface area contributed by atoms with Gasteiger partial charge in [-0.1, -0.05) is 41.4 Å². The van der Waals surface area contributed by atoms with E-state index in [1.54, 1.807) is 12.1 Å². The van der Waals surface area contributed by atoms with E-state index < -0.39 is 5.97 Å². The van der Waals surface area contributed by atoms with Crippen molar-refractivity contribution in [2.24, 2.45) is 0 Å². The number of hydrogen-bond acceptors (Lipinski definition) is 2. The molecule has 1 N–H and O–H groups in total. The summed E-state index contributed by atoms with van der Waals surface area (Å²) in [6.07, 6.45) is 9.35. The van der Waals surface area contributed by atoms with Crippen molar-refractivity contribution in [3.63, 3.8) is 0 Å². The maximum absolute atomic E-state index is 10.7. The lowest BCUT2D eigenvalue weighted by molar-refractivity contribution is -0.131. The van der Waals surface area contributed by atoms with Crippen LogP contribution < -0.4 is 0 Å². The van der Waals surface area contributed by atoms with Gasteiger partial charge in [0.2, 0.25) is 0 Å². The van der Waals surface area contributed by atoms with E-state index in [9.17, 15) is 4.79 Å². The Labute approximate surface area is 150 Å². The Kier molecular flexibility index (Phi) is 5.07. The zero-order chi connectivity index (χ0) is 17.1. The van der Waals surface area contributed by atoms with E-state index in [-0.39, 0.29) is 0 Å². The summed E-state index contributed by atoms with van der Waals surface area (Å²) in [7, 11) is 0. The number of carboxylic acids is 1. The van der Waals surface area contributed by atoms with Gasteiger partial charge in [0.15, 0.2) is 0 Å². The van der Waals surface area contributed by atoms with Crippen LogP contribution in [0.2, 0.25) is 10.0 Å². The standard InChI is InChI=1S/C18H16Cl2N2O2/c19-15-8-7-14(16(20)9-15)11-22-18-12(4-2-6-17(23)24)3-1-5-13(18)10-21-22/h2,4,6-10H,1,3,5,11H2,(H,23,24)/b6-2+,12-4+. The molecule has 0 bridgehead atoms. The number of hydrogen-bond donors (Lipinski definition) is 1. The molecular formula is C18H16Cl2N2O2. The van der Waals surface area contributed by atoms with Crippen molar-refractivity contribution in [2.75, 3.05) is 0 Å². The summed E-state index contributed by atoms with van der Waals surface area (Å²) in [6.45, 7) is 0.547. The molecule has 0 fully saturated rings. The summed E-state index contributed by atoms with van der Waals surface area (Å²) < 4.78 is 1.92. The maximum atomic E-state index is 10.7. The lowest BCUT2D eigenvalue weighted by Gasteiger charge is -2.18. The van der Waals surface area contributed by atoms with Crippen LogP contribution in [0.15, 0.2) is 42.6 Å². The highest BCUT2D eigenvalue weighted by Crippen LogP contribution is 2.32. The first-order valence-electron chi connectivity index (χ1n) is 7.64. The van der Waals surface area contributed by atoms with Gasteiger partial charge in [0.25, 0.3) is 0 Å². The number of fused-ring (bicyclic) bond motifs is 1. The van der Waals surface area contributed by atoms with Gasteiger partial charge in [-0.2, -0.15) is 5.10 Å². The molecular weight excluding hydrogens is 347 g/mol. The number of halogens is 2. The highest BCUT2D eigenvalue weighted by Gasteiger charge is 2.19. The Morgan fingerprint density at radius 1 is 1.33 bits per heavy atom. The minimum Gasteiger partial charge on any atom is -0.478 e. The van der Waals surface area contributed by atoms with Crippen LogP contribution in [0.25, 0.3) is 5.57 Å². The molecule has 1 aromatic heterocycles. The highest BCUT2D eigenvalue weighted by molar-refractivity contribution is 6.35. The van der Waals surface area contributed by atoms with E-state index >= 15 is 0 Å². The first-order valence-corrected chi connectivity index (χ1v) is 8.39. The molecule has 0 unspecified atom stereocenters. The molecule has 3 rings (SSSR count). The first-order chi connectivity index (χ1) is 11.5. The van der Waals surface area contributed by atoms with Crippen LogP contribution in [0, 0.1) is 0 Å². The minimum absolute atomic E-state index is 0.547. The lowest BCUT2D eigenvalue weighted by Crippen LogP contribution is -2.10. The van der Waals surface area contributed by atoms with Gasteiger partial charge in [0, 0.05) is 16.1 Å². The van der Waals surface area contributed by atoms with E-state index in [1.807, 2.05) is 29.1 Å². The number of rotatable bonds is 4. The van der Waals surface area contributed by atoms with Gasteiger partial charge in [-0.05, 0) is 48.1 Å². The predicted molar refractivity (Wildman–Crippen MR) is 95.5 cm³/mol. The molecule has 124 valence electrons. The normalized spacial score (nSPS) is 15.8. The zero-order valence-corrected chi connectivity index (χ0v) is 14.4. The first kappa shape index (κ1) is 16.8. The van der Waals surface area contributed by atoms with Crippen molar-refractivity contribution < 1.29 is 9.90 Å². The number of allylic oxidation sites excluding steroid dienone is 3. The van der Waals surface area contributed by atoms with E-state index in [0.717, 1.165) is 42.2 Å². The van der Waals surface area contributed by atoms with Crippen LogP contribution in [0.5, 0.6) is 0 Å². The van der Waals surface area contributed by atoms with Crippen molar-refractivity contribution in [3.05, 3.63) is 69.5 Å². The van der Waals surface area contributed by atoms with Gasteiger partial charge in [-0.3, -0.25) is 4.68 Å². The number of aliphatic carboxylic acids is 1. The highest BCUT2D eigenvalue weighted by atomic mass is 35.5. The van der Waals surface area contributed by atoms with Crippen LogP contribution in [0.3, 0.4) is 0 Å². The summed E-state index contributed by atoms with van der Waals surface area (Å²) >= 11 is 12.2. The Bertz CT molecular complexity index is 838. The van der Waals surface area contributed by atoms with Crippen LogP contribution in [0.4, 0.5) is 0 Å². The smallest absolute Gasteiger partial charge is 0.328 e. The molecule has 0 atom stereocenters. The fourth-order valence-electron chi connectivity index (χ4n) is 2.91. The van der Waals surface area contributed by atoms with Crippen molar-refractivity contribution >= 4 is 34.7 Å². The second-order valence-electron chi connectivity index (χ2n) is 5.65. The van der Waals surface area contributed by atoms with Crippen LogP contribution in [-0.2, 0) is 17.8 Å². The number of carboxylic acid groups (broad SMARTS) is 1. The number of aromatic nitrogens is 2. The summed E-state index contributed by atoms with van der Waals surface area (Å²) in [5.74, 6) is -0.954. The SMILES string of the molecule is O=C(O)/C=C/C=C1\CCCc2cnn(Cc3ccc(Cl)cc3Cl)c21. The van der Waals surface area contributed by atoms with Crippen molar-refractivity contribution in [3.8, 4) is 0 Å². The summed E-state index contributed by atoms with van der Waals surface area (Å²) in [6, 6.07) is 5.43. The molecule has 6 heteroatoms. The van der Waals surface area contributed by atoms with Gasteiger partial charge in [-0.15, -0.1) is 0 Å². The summed E-state index contributed by atoms with van der Waals surface area (Å²) in [5.41, 5.74) is 4.28. The van der Waals surface area contributed by atoms with Gasteiger partial charge in [0.1, 0.15) is 0 Å². The largest absolute Gasteiger partial charge is 0.478 e. The van der Waals surface area contributed by atoms with Crippen LogP contribution in [-0.4, -0.2) is 20.9 Å². The van der Waals surface area contributed by atoms with Crippen molar-refractivity contribution in [2.45, 2.75) is 25.8 Å². The number of carbonyl (C=O) groups is 1. The molecule has 0 spiro atoms. The molecule has 0 saturated heterocycles. The third-order valence-electron chi connectivity index (χ3n) is 3.98. The molecule has 24 heavy (non-hydrogen) atoms. The zero-order valence-electron chi connectivity index (χ0n) is 12.9. The van der Waals surface area contributed by atoms with E-state index in [4.69, 9.17) is 28.3 Å². The predicted octanol–water partition coefficient (Wildman–Crippen LogP) is 4.60. The second-order valence-corrected chi connectivity index (χ2v) is 6.50. The molecule has 0 radical (unpaired) electrons. The Morgan fingerprint density at radius 3 is 2.92 bits per heavy atom. The number of nitrogens with zero attached hydrogens (tertiary/aromatic N) is 2. The Morgan fingerprint density at radius 2 is 2.17 bits per heavy atom. The number of aryl methyl sites for hydroxylation is 1. The molecule has 0 amide bonds. The third kappa shape index (κ3) is 3.71.